The van der Waals surface area contributed by atoms with Crippen molar-refractivity contribution in [2.75, 3.05) is 4.90 Å². The van der Waals surface area contributed by atoms with E-state index in [1.807, 2.05) is 6.92 Å². The maximum Gasteiger partial charge on any atom is 0.267 e. The standard InChI is InChI=1S/C18H16N4O4S/c1-12-4-5-16(23)15(9-12)22-14-6-7-19-11-17(14)27(24,25)21-18(22)20-10-13-3-2-8-26-13/h2-9,11,23H,10H2,1H3,(H,20,21). The van der Waals surface area contributed by atoms with Crippen LogP contribution in [0.2, 0.25) is 0 Å². The first-order valence-corrected chi connectivity index (χ1v) is 9.57. The van der Waals surface area contributed by atoms with Crippen LogP contribution in [0.15, 0.2) is 69.4 Å². The normalized spacial score (nSPS) is 16.8. The van der Waals surface area contributed by atoms with E-state index in [0.29, 0.717) is 17.1 Å². The molecule has 0 amide bonds. The second-order valence-corrected chi connectivity index (χ2v) is 7.65. The first-order chi connectivity index (χ1) is 13.0. The van der Waals surface area contributed by atoms with Gasteiger partial charge in [-0.1, -0.05) is 6.07 Å². The highest BCUT2D eigenvalue weighted by molar-refractivity contribution is 7.90. The molecule has 0 fully saturated rings. The van der Waals surface area contributed by atoms with Gasteiger partial charge in [0.2, 0.25) is 5.96 Å². The fourth-order valence-electron chi connectivity index (χ4n) is 2.81. The van der Waals surface area contributed by atoms with Gasteiger partial charge in [-0.2, -0.15) is 0 Å². The van der Waals surface area contributed by atoms with Crippen LogP contribution in [0, 0.1) is 6.92 Å². The summed E-state index contributed by atoms with van der Waals surface area (Å²) in [5.74, 6) is 0.636. The molecule has 3 heterocycles. The number of nitrogens with zero attached hydrogens (tertiary/aromatic N) is 3. The molecular formula is C18H16N4O4S. The largest absolute Gasteiger partial charge is 0.506 e. The molecule has 3 aromatic rings. The van der Waals surface area contributed by atoms with E-state index in [9.17, 15) is 13.5 Å². The number of nitrogens with one attached hydrogen (secondary N) is 1. The zero-order valence-electron chi connectivity index (χ0n) is 14.3. The van der Waals surface area contributed by atoms with Crippen molar-refractivity contribution in [2.45, 2.75) is 18.4 Å². The number of aromatic nitrogens is 1. The van der Waals surface area contributed by atoms with E-state index in [1.165, 1.54) is 18.7 Å². The predicted octanol–water partition coefficient (Wildman–Crippen LogP) is 2.67. The van der Waals surface area contributed by atoms with Crippen LogP contribution in [-0.4, -0.2) is 24.5 Å². The number of furan rings is 1. The summed E-state index contributed by atoms with van der Waals surface area (Å²) in [6, 6.07) is 10.1. The first-order valence-electron chi connectivity index (χ1n) is 8.09. The van der Waals surface area contributed by atoms with Gasteiger partial charge in [-0.3, -0.25) is 9.88 Å². The number of aromatic hydroxyl groups is 1. The van der Waals surface area contributed by atoms with Crippen LogP contribution >= 0.6 is 0 Å². The number of phenols is 1. The fraction of sp³-hybridized carbons (Fsp3) is 0.111. The van der Waals surface area contributed by atoms with E-state index < -0.39 is 10.0 Å². The fourth-order valence-corrected chi connectivity index (χ4v) is 3.95. The molecule has 0 saturated heterocycles. The molecular weight excluding hydrogens is 368 g/mol. The molecule has 2 N–H and O–H groups in total. The van der Waals surface area contributed by atoms with Gasteiger partial charge in [0, 0.05) is 12.4 Å². The Balaban J connectivity index is 1.91. The molecule has 4 rings (SSSR count). The van der Waals surface area contributed by atoms with Crippen LogP contribution in [0.4, 0.5) is 11.4 Å². The zero-order chi connectivity index (χ0) is 19.0. The van der Waals surface area contributed by atoms with Crippen molar-refractivity contribution in [3.05, 3.63) is 66.4 Å². The van der Waals surface area contributed by atoms with E-state index in [4.69, 9.17) is 4.42 Å². The number of hydrogen-bond donors (Lipinski definition) is 2. The molecule has 0 atom stereocenters. The van der Waals surface area contributed by atoms with Crippen LogP contribution in [0.3, 0.4) is 0 Å². The van der Waals surface area contributed by atoms with Gasteiger partial charge in [0.05, 0.1) is 17.6 Å². The molecule has 138 valence electrons. The Hall–Kier alpha value is -3.33. The lowest BCUT2D eigenvalue weighted by Crippen LogP contribution is -2.46. The van der Waals surface area contributed by atoms with E-state index in [-0.39, 0.29) is 23.1 Å². The maximum atomic E-state index is 12.6. The highest BCUT2D eigenvalue weighted by Gasteiger charge is 2.34. The van der Waals surface area contributed by atoms with Gasteiger partial charge in [-0.25, -0.2) is 18.1 Å². The Morgan fingerprint density at radius 1 is 1.26 bits per heavy atom. The summed E-state index contributed by atoms with van der Waals surface area (Å²) < 4.78 is 33.0. The Bertz CT molecular complexity index is 1120. The van der Waals surface area contributed by atoms with E-state index in [0.717, 1.165) is 5.56 Å². The molecule has 0 saturated carbocycles. The highest BCUT2D eigenvalue weighted by atomic mass is 32.2. The number of aliphatic imine (C=N–C) groups is 1. The van der Waals surface area contributed by atoms with Crippen molar-refractivity contribution in [1.29, 1.82) is 0 Å². The van der Waals surface area contributed by atoms with Gasteiger partial charge < -0.3 is 9.52 Å². The van der Waals surface area contributed by atoms with Crippen LogP contribution in [-0.2, 0) is 16.6 Å². The van der Waals surface area contributed by atoms with Crippen molar-refractivity contribution in [1.82, 2.24) is 9.71 Å². The number of sulfonamides is 1. The third kappa shape index (κ3) is 3.13. The molecule has 8 nitrogen and oxygen atoms in total. The lowest BCUT2D eigenvalue weighted by Gasteiger charge is -2.32. The second kappa shape index (κ2) is 6.44. The zero-order valence-corrected chi connectivity index (χ0v) is 15.1. The van der Waals surface area contributed by atoms with Gasteiger partial charge in [0.25, 0.3) is 10.0 Å². The van der Waals surface area contributed by atoms with Gasteiger partial charge in [0.1, 0.15) is 22.9 Å². The van der Waals surface area contributed by atoms with E-state index in [2.05, 4.69) is 14.7 Å². The van der Waals surface area contributed by atoms with Crippen molar-refractivity contribution in [2.24, 2.45) is 4.99 Å². The minimum Gasteiger partial charge on any atom is -0.506 e. The average Bonchev–Trinajstić information content (AvgIpc) is 3.16. The number of pyridine rings is 1. The number of guanidine groups is 1. The molecule has 27 heavy (non-hydrogen) atoms. The van der Waals surface area contributed by atoms with Gasteiger partial charge in [0.15, 0.2) is 0 Å². The van der Waals surface area contributed by atoms with E-state index in [1.54, 1.807) is 41.3 Å². The van der Waals surface area contributed by atoms with Crippen LogP contribution in [0.1, 0.15) is 11.3 Å². The maximum absolute atomic E-state index is 12.6. The molecule has 0 aliphatic carbocycles. The minimum atomic E-state index is -3.84. The Kier molecular flexibility index (Phi) is 4.08. The average molecular weight is 384 g/mol. The summed E-state index contributed by atoms with van der Waals surface area (Å²) in [4.78, 5) is 9.85. The van der Waals surface area contributed by atoms with Crippen LogP contribution < -0.4 is 9.62 Å². The molecule has 0 spiro atoms. The molecule has 1 aliphatic rings. The first kappa shape index (κ1) is 17.1. The van der Waals surface area contributed by atoms with Crippen LogP contribution in [0.25, 0.3) is 0 Å². The Labute approximate surface area is 155 Å². The lowest BCUT2D eigenvalue weighted by molar-refractivity contribution is 0.476. The highest BCUT2D eigenvalue weighted by Crippen LogP contribution is 2.39. The summed E-state index contributed by atoms with van der Waals surface area (Å²) in [5, 5.41) is 10.4. The number of anilines is 2. The van der Waals surface area contributed by atoms with Gasteiger partial charge in [-0.15, -0.1) is 0 Å². The van der Waals surface area contributed by atoms with Crippen molar-refractivity contribution >= 4 is 27.4 Å². The number of aryl methyl sites for hydroxylation is 1. The van der Waals surface area contributed by atoms with Gasteiger partial charge >= 0.3 is 0 Å². The topological polar surface area (TPSA) is 108 Å². The summed E-state index contributed by atoms with van der Waals surface area (Å²) in [6.45, 7) is 2.01. The Morgan fingerprint density at radius 2 is 2.11 bits per heavy atom. The number of rotatable bonds is 3. The summed E-state index contributed by atoms with van der Waals surface area (Å²) in [5.41, 5.74) is 1.66. The smallest absolute Gasteiger partial charge is 0.267 e. The number of benzene rings is 1. The van der Waals surface area contributed by atoms with E-state index >= 15 is 0 Å². The molecule has 9 heteroatoms. The summed E-state index contributed by atoms with van der Waals surface area (Å²) in [7, 11) is -3.84. The lowest BCUT2D eigenvalue weighted by atomic mass is 10.2. The summed E-state index contributed by atoms with van der Waals surface area (Å²) in [6.07, 6.45) is 4.27. The summed E-state index contributed by atoms with van der Waals surface area (Å²) >= 11 is 0. The van der Waals surface area contributed by atoms with Crippen molar-refractivity contribution in [3.8, 4) is 5.75 Å². The molecule has 1 aliphatic heterocycles. The van der Waals surface area contributed by atoms with Crippen LogP contribution in [0.5, 0.6) is 5.75 Å². The minimum absolute atomic E-state index is 0.00264. The Morgan fingerprint density at radius 3 is 2.89 bits per heavy atom. The molecule has 2 aromatic heterocycles. The molecule has 0 unspecified atom stereocenters. The number of fused-ring (bicyclic) bond motifs is 1. The molecule has 1 aromatic carbocycles. The number of hydrogen-bond acceptors (Lipinski definition) is 6. The quantitative estimate of drug-likeness (QED) is 0.719. The van der Waals surface area contributed by atoms with Gasteiger partial charge in [-0.05, 0) is 42.8 Å². The molecule has 0 radical (unpaired) electrons. The molecule has 0 bridgehead atoms. The monoisotopic (exact) mass is 384 g/mol. The SMILES string of the molecule is Cc1ccc(O)c(N2C(=NCc3ccco3)NS(=O)(=O)c3cnccc32)c1. The predicted molar refractivity (Wildman–Crippen MR) is 99.4 cm³/mol. The van der Waals surface area contributed by atoms with Crippen molar-refractivity contribution < 1.29 is 17.9 Å². The third-order valence-electron chi connectivity index (χ3n) is 4.07. The third-order valence-corrected chi connectivity index (χ3v) is 5.41. The van der Waals surface area contributed by atoms with Crippen molar-refractivity contribution in [3.63, 3.8) is 0 Å². The number of phenolic OH excluding ortho intramolecular Hbond substituents is 1. The second-order valence-electron chi connectivity index (χ2n) is 6.00.